The lowest BCUT2D eigenvalue weighted by Crippen LogP contribution is -2.39. The van der Waals surface area contributed by atoms with Gasteiger partial charge in [-0.15, -0.1) is 0 Å². The van der Waals surface area contributed by atoms with Crippen molar-refractivity contribution >= 4 is 52.0 Å². The zero-order valence-electron chi connectivity index (χ0n) is 25.0. The van der Waals surface area contributed by atoms with E-state index in [0.717, 1.165) is 22.5 Å². The van der Waals surface area contributed by atoms with Gasteiger partial charge >= 0.3 is 5.97 Å². The molecule has 2 aromatic heterocycles. The summed E-state index contributed by atoms with van der Waals surface area (Å²) in [6, 6.07) is 14.6. The number of fused-ring (bicyclic) bond motifs is 2. The van der Waals surface area contributed by atoms with Gasteiger partial charge in [0.05, 0.1) is 24.3 Å². The van der Waals surface area contributed by atoms with Crippen LogP contribution in [0.1, 0.15) is 25.0 Å². The molecule has 14 nitrogen and oxygen atoms in total. The number of nitrogens with zero attached hydrogens (tertiary/aromatic N) is 5. The Morgan fingerprint density at radius 3 is 2.60 bits per heavy atom. The number of aromatic amines is 1. The van der Waals surface area contributed by atoms with Crippen molar-refractivity contribution in [3.8, 4) is 0 Å². The number of aliphatic imine (C=N–C) groups is 1. The average Bonchev–Trinajstić information content (AvgIpc) is 3.39. The molecule has 0 spiro atoms. The molecule has 0 bridgehead atoms. The Morgan fingerprint density at radius 2 is 1.91 bits per heavy atom. The van der Waals surface area contributed by atoms with Crippen LogP contribution in [0.3, 0.4) is 0 Å². The number of carbonyl (C=O) groups excluding carboxylic acids is 2. The van der Waals surface area contributed by atoms with E-state index in [0.29, 0.717) is 5.02 Å². The number of esters is 1. The van der Waals surface area contributed by atoms with Crippen molar-refractivity contribution in [1.82, 2.24) is 19.5 Å². The summed E-state index contributed by atoms with van der Waals surface area (Å²) in [5, 5.41) is 9.99. The van der Waals surface area contributed by atoms with E-state index in [2.05, 4.69) is 19.9 Å². The largest absolute Gasteiger partial charge is 0.462 e. The Morgan fingerprint density at radius 1 is 1.18 bits per heavy atom. The normalized spacial score (nSPS) is 14.2. The first kappa shape index (κ1) is 33.3. The van der Waals surface area contributed by atoms with Gasteiger partial charge in [-0.25, -0.2) is 4.98 Å². The van der Waals surface area contributed by atoms with Gasteiger partial charge < -0.3 is 30.9 Å². The minimum Gasteiger partial charge on any atom is -0.462 e. The molecule has 2 atom stereocenters. The van der Waals surface area contributed by atoms with Gasteiger partial charge in [0.2, 0.25) is 11.9 Å². The topological polar surface area (TPSA) is 204 Å². The Bertz CT molecular complexity index is 1740. The number of aromatic nitrogens is 4. The zero-order valence-corrected chi connectivity index (χ0v) is 25.8. The van der Waals surface area contributed by atoms with Gasteiger partial charge in [-0.05, 0) is 24.1 Å². The molecule has 1 aliphatic heterocycles. The molecule has 238 valence electrons. The highest BCUT2D eigenvalue weighted by molar-refractivity contribution is 6.32. The smallest absolute Gasteiger partial charge is 0.323 e. The number of nitrogens with two attached hydrogens (primary N) is 2. The van der Waals surface area contributed by atoms with Gasteiger partial charge in [0, 0.05) is 23.2 Å². The van der Waals surface area contributed by atoms with Crippen molar-refractivity contribution in [2.45, 2.75) is 32.7 Å². The van der Waals surface area contributed by atoms with Crippen LogP contribution in [0.2, 0.25) is 5.02 Å². The van der Waals surface area contributed by atoms with E-state index in [4.69, 9.17) is 32.5 Å². The number of ether oxygens (including phenoxy) is 2. The number of anilines is 2. The Labute approximate surface area is 263 Å². The van der Waals surface area contributed by atoms with Gasteiger partial charge in [-0.1, -0.05) is 55.8 Å². The fourth-order valence-corrected chi connectivity index (χ4v) is 4.43. The minimum atomic E-state index is -0.764. The van der Waals surface area contributed by atoms with Crippen LogP contribution in [-0.4, -0.2) is 81.2 Å². The maximum Gasteiger partial charge on any atom is 0.323 e. The average molecular weight is 639 g/mol. The van der Waals surface area contributed by atoms with E-state index in [1.807, 2.05) is 42.5 Å². The minimum absolute atomic E-state index is 0.0282. The number of rotatable bonds is 9. The maximum atomic E-state index is 12.0. The monoisotopic (exact) mass is 638 g/mol. The van der Waals surface area contributed by atoms with Crippen molar-refractivity contribution in [3.05, 3.63) is 81.4 Å². The third-order valence-electron chi connectivity index (χ3n) is 6.92. The van der Waals surface area contributed by atoms with Gasteiger partial charge in [-0.3, -0.25) is 28.9 Å². The molecule has 2 aromatic carbocycles. The summed E-state index contributed by atoms with van der Waals surface area (Å²) in [5.74, 6) is -0.701. The number of benzodiazepines with no additional fused rings is 1. The lowest BCUT2D eigenvalue weighted by Gasteiger charge is -2.19. The van der Waals surface area contributed by atoms with Gasteiger partial charge in [-0.2, -0.15) is 4.98 Å². The summed E-state index contributed by atoms with van der Waals surface area (Å²) >= 11 is 6.11. The third kappa shape index (κ3) is 8.10. The first-order valence-electron chi connectivity index (χ1n) is 14.0. The molecule has 15 heteroatoms. The van der Waals surface area contributed by atoms with Crippen molar-refractivity contribution in [2.75, 3.05) is 37.4 Å². The van der Waals surface area contributed by atoms with Gasteiger partial charge in [0.15, 0.2) is 11.2 Å². The summed E-state index contributed by atoms with van der Waals surface area (Å²) in [6.07, 6.45) is 0.599. The highest BCUT2D eigenvalue weighted by Crippen LogP contribution is 2.28. The molecule has 4 aromatic rings. The quantitative estimate of drug-likeness (QED) is 0.195. The molecule has 0 saturated carbocycles. The van der Waals surface area contributed by atoms with E-state index in [-0.39, 0.29) is 55.4 Å². The molecule has 6 N–H and O–H groups in total. The SMILES string of the molecule is CC(C)[C@H](N)C(=O)OCC(CO)OCn1cnc2c(=O)[nH]c(N)nc21.CN1C(=O)CN=C(c2ccccc2)c2cc(Cl)ccc21. The third-order valence-corrected chi connectivity index (χ3v) is 7.15. The molecule has 0 saturated heterocycles. The first-order chi connectivity index (χ1) is 21.5. The number of benzene rings is 2. The maximum absolute atomic E-state index is 12.0. The molecule has 45 heavy (non-hydrogen) atoms. The summed E-state index contributed by atoms with van der Waals surface area (Å²) < 4.78 is 12.0. The molecule has 0 radical (unpaired) electrons. The summed E-state index contributed by atoms with van der Waals surface area (Å²) in [5.41, 5.74) is 14.6. The van der Waals surface area contributed by atoms with Crippen molar-refractivity contribution in [1.29, 1.82) is 0 Å². The number of aliphatic hydroxyl groups excluding tert-OH is 1. The predicted octanol–water partition coefficient (Wildman–Crippen LogP) is 1.72. The van der Waals surface area contributed by atoms with Crippen LogP contribution in [0.15, 0.2) is 64.6 Å². The molecule has 5 rings (SSSR count). The number of aliphatic hydroxyl groups is 1. The van der Waals surface area contributed by atoms with E-state index >= 15 is 0 Å². The fourth-order valence-electron chi connectivity index (χ4n) is 4.25. The number of hydrogen-bond donors (Lipinski definition) is 4. The van der Waals surface area contributed by atoms with Crippen LogP contribution in [0.4, 0.5) is 11.6 Å². The zero-order chi connectivity index (χ0) is 32.7. The first-order valence-corrected chi connectivity index (χ1v) is 14.4. The molecule has 0 fully saturated rings. The van der Waals surface area contributed by atoms with Crippen LogP contribution in [0.25, 0.3) is 11.2 Å². The van der Waals surface area contributed by atoms with E-state index in [1.54, 1.807) is 31.9 Å². The van der Waals surface area contributed by atoms with E-state index < -0.39 is 23.7 Å². The molecule has 3 heterocycles. The van der Waals surface area contributed by atoms with Gasteiger partial charge in [0.1, 0.15) is 32.0 Å². The number of amides is 1. The predicted molar refractivity (Wildman–Crippen MR) is 170 cm³/mol. The number of halogens is 1. The molecule has 1 unspecified atom stereocenters. The molecule has 0 aliphatic carbocycles. The second-order valence-corrected chi connectivity index (χ2v) is 10.9. The number of nitrogen functional groups attached to an aromatic ring is 1. The van der Waals surface area contributed by atoms with E-state index in [1.165, 1.54) is 10.9 Å². The number of hydrogen-bond acceptors (Lipinski definition) is 11. The van der Waals surface area contributed by atoms with Crippen molar-refractivity contribution in [3.63, 3.8) is 0 Å². The highest BCUT2D eigenvalue weighted by atomic mass is 35.5. The Balaban J connectivity index is 0.000000209. The fraction of sp³-hybridized carbons (Fsp3) is 0.333. The second kappa shape index (κ2) is 14.9. The number of imidazole rings is 1. The van der Waals surface area contributed by atoms with Crippen LogP contribution in [-0.2, 0) is 25.8 Å². The lowest BCUT2D eigenvalue weighted by molar-refractivity contribution is -0.153. The molecule has 1 aliphatic rings. The standard InChI is InChI=1S/C16H13ClN2O.C14H22N6O5/c1-19-14-8-7-12(17)9-13(14)16(18-10-15(19)20)11-5-3-2-4-6-11;1-7(2)9(15)13(23)24-4-8(3-21)25-6-20-5-17-10-11(20)18-14(16)19-12(10)22/h2-9H,10H2,1H3;5,7-9,21H,3-4,6,15H2,1-2H3,(H3,16,18,19,22)/t;8?,9-/m.0/s1. The van der Waals surface area contributed by atoms with Crippen LogP contribution < -0.4 is 21.9 Å². The van der Waals surface area contributed by atoms with Crippen LogP contribution in [0, 0.1) is 5.92 Å². The lowest BCUT2D eigenvalue weighted by atomic mass is 10.0. The van der Waals surface area contributed by atoms with E-state index in [9.17, 15) is 19.5 Å². The van der Waals surface area contributed by atoms with Gasteiger partial charge in [0.25, 0.3) is 5.56 Å². The summed E-state index contributed by atoms with van der Waals surface area (Å²) in [6.45, 7) is 3.16. The molecular formula is C30H35ClN8O6. The summed E-state index contributed by atoms with van der Waals surface area (Å²) in [7, 11) is 1.76. The Hall–Kier alpha value is -4.63. The molecular weight excluding hydrogens is 604 g/mol. The van der Waals surface area contributed by atoms with Crippen molar-refractivity contribution in [2.24, 2.45) is 16.6 Å². The van der Waals surface area contributed by atoms with Crippen LogP contribution >= 0.6 is 11.6 Å². The highest BCUT2D eigenvalue weighted by Gasteiger charge is 2.23. The second-order valence-electron chi connectivity index (χ2n) is 10.5. The van der Waals surface area contributed by atoms with Crippen LogP contribution in [0.5, 0.6) is 0 Å². The van der Waals surface area contributed by atoms with Crippen molar-refractivity contribution < 1.29 is 24.2 Å². The Kier molecular flexibility index (Phi) is 11.0. The number of nitrogens with one attached hydrogen (secondary N) is 1. The number of likely N-dealkylation sites (N-methyl/N-ethyl adjacent to an activating group) is 1. The number of H-pyrrole nitrogens is 1. The molecule has 1 amide bonds. The summed E-state index contributed by atoms with van der Waals surface area (Å²) in [4.78, 5) is 51.8. The number of carbonyl (C=O) groups is 2.